The van der Waals surface area contributed by atoms with E-state index in [2.05, 4.69) is 29.0 Å². The average Bonchev–Trinajstić information content (AvgIpc) is 2.62. The monoisotopic (exact) mass is 396 g/mol. The number of likely N-dealkylation sites (tertiary alicyclic amines) is 1. The van der Waals surface area contributed by atoms with Gasteiger partial charge in [0, 0.05) is 51.4 Å². The second-order valence-electron chi connectivity index (χ2n) is 9.25. The lowest BCUT2D eigenvalue weighted by Crippen LogP contribution is -2.54. The summed E-state index contributed by atoms with van der Waals surface area (Å²) in [4.78, 5) is 31.3. The van der Waals surface area contributed by atoms with Gasteiger partial charge in [-0.3, -0.25) is 14.6 Å². The molecule has 0 bridgehead atoms. The number of rotatable bonds is 6. The SMILES string of the molecule is CCCC(C)N1CCN(C(=O)CN2CCC(NC(=O)OC(C)(C)C)CC2)CC1. The third kappa shape index (κ3) is 7.59. The van der Waals surface area contributed by atoms with Crippen LogP contribution in [-0.4, -0.2) is 90.2 Å². The fourth-order valence-electron chi connectivity index (χ4n) is 4.01. The Kier molecular flexibility index (Phi) is 8.56. The zero-order valence-corrected chi connectivity index (χ0v) is 18.5. The zero-order valence-electron chi connectivity index (χ0n) is 18.5. The van der Waals surface area contributed by atoms with Crippen LogP contribution < -0.4 is 5.32 Å². The topological polar surface area (TPSA) is 65.1 Å². The van der Waals surface area contributed by atoms with E-state index in [1.807, 2.05) is 25.7 Å². The van der Waals surface area contributed by atoms with E-state index in [4.69, 9.17) is 4.74 Å². The summed E-state index contributed by atoms with van der Waals surface area (Å²) in [7, 11) is 0. The van der Waals surface area contributed by atoms with E-state index in [0.29, 0.717) is 12.6 Å². The van der Waals surface area contributed by atoms with Gasteiger partial charge in [0.15, 0.2) is 0 Å². The molecule has 0 aromatic heterocycles. The van der Waals surface area contributed by atoms with E-state index in [9.17, 15) is 9.59 Å². The summed E-state index contributed by atoms with van der Waals surface area (Å²) in [6.45, 7) is 15.9. The van der Waals surface area contributed by atoms with Crippen LogP contribution in [0, 0.1) is 0 Å². The number of ether oxygens (including phenoxy) is 1. The number of nitrogens with one attached hydrogen (secondary N) is 1. The molecule has 2 fully saturated rings. The van der Waals surface area contributed by atoms with Gasteiger partial charge < -0.3 is 15.0 Å². The maximum absolute atomic E-state index is 12.7. The van der Waals surface area contributed by atoms with Gasteiger partial charge in [0.05, 0.1) is 6.54 Å². The summed E-state index contributed by atoms with van der Waals surface area (Å²) in [5.74, 6) is 0.237. The van der Waals surface area contributed by atoms with Gasteiger partial charge >= 0.3 is 6.09 Å². The Balaban J connectivity index is 1.66. The van der Waals surface area contributed by atoms with Crippen molar-refractivity contribution in [2.45, 2.75) is 78.0 Å². The highest BCUT2D eigenvalue weighted by atomic mass is 16.6. The number of piperidine rings is 1. The van der Waals surface area contributed by atoms with E-state index >= 15 is 0 Å². The van der Waals surface area contributed by atoms with Crippen LogP contribution in [0.2, 0.25) is 0 Å². The zero-order chi connectivity index (χ0) is 20.7. The second-order valence-corrected chi connectivity index (χ2v) is 9.25. The number of carbonyl (C=O) groups excluding carboxylic acids is 2. The van der Waals surface area contributed by atoms with E-state index < -0.39 is 5.60 Å². The standard InChI is InChI=1S/C21H40N4O3/c1-6-7-17(2)24-12-14-25(15-13-24)19(26)16-23-10-8-18(9-11-23)22-20(27)28-21(3,4)5/h17-18H,6-16H2,1-5H3,(H,22,27). The Morgan fingerprint density at radius 2 is 1.68 bits per heavy atom. The van der Waals surface area contributed by atoms with Crippen molar-refractivity contribution in [3.63, 3.8) is 0 Å². The van der Waals surface area contributed by atoms with Gasteiger partial charge in [0.25, 0.3) is 0 Å². The molecule has 0 aliphatic carbocycles. The van der Waals surface area contributed by atoms with Crippen LogP contribution in [-0.2, 0) is 9.53 Å². The smallest absolute Gasteiger partial charge is 0.407 e. The number of piperazine rings is 1. The van der Waals surface area contributed by atoms with Crippen molar-refractivity contribution in [1.29, 1.82) is 0 Å². The highest BCUT2D eigenvalue weighted by Gasteiger charge is 2.27. The number of alkyl carbamates (subject to hydrolysis) is 1. The lowest BCUT2D eigenvalue weighted by molar-refractivity contribution is -0.134. The largest absolute Gasteiger partial charge is 0.444 e. The van der Waals surface area contributed by atoms with Crippen LogP contribution in [0.3, 0.4) is 0 Å². The summed E-state index contributed by atoms with van der Waals surface area (Å²) in [6.07, 6.45) is 3.79. The molecular formula is C21H40N4O3. The van der Waals surface area contributed by atoms with Crippen molar-refractivity contribution in [3.05, 3.63) is 0 Å². The molecule has 2 aliphatic rings. The number of amides is 2. The Labute approximate surface area is 170 Å². The maximum Gasteiger partial charge on any atom is 0.407 e. The fraction of sp³-hybridized carbons (Fsp3) is 0.905. The summed E-state index contributed by atoms with van der Waals surface area (Å²) in [5.41, 5.74) is -0.477. The molecule has 0 saturated carbocycles. The van der Waals surface area contributed by atoms with Gasteiger partial charge in [0.2, 0.25) is 5.91 Å². The number of hydrogen-bond donors (Lipinski definition) is 1. The van der Waals surface area contributed by atoms with Crippen LogP contribution in [0.25, 0.3) is 0 Å². The fourth-order valence-corrected chi connectivity index (χ4v) is 4.01. The van der Waals surface area contributed by atoms with E-state index in [1.54, 1.807) is 0 Å². The number of carbonyl (C=O) groups is 2. The molecule has 1 atom stereocenters. The first-order chi connectivity index (χ1) is 13.2. The molecule has 7 heteroatoms. The van der Waals surface area contributed by atoms with Crippen molar-refractivity contribution < 1.29 is 14.3 Å². The second kappa shape index (κ2) is 10.4. The molecule has 2 amide bonds. The van der Waals surface area contributed by atoms with Crippen LogP contribution in [0.5, 0.6) is 0 Å². The molecule has 2 saturated heterocycles. The highest BCUT2D eigenvalue weighted by Crippen LogP contribution is 2.14. The van der Waals surface area contributed by atoms with Crippen LogP contribution in [0.15, 0.2) is 0 Å². The van der Waals surface area contributed by atoms with E-state index in [1.165, 1.54) is 12.8 Å². The minimum Gasteiger partial charge on any atom is -0.444 e. The quantitative estimate of drug-likeness (QED) is 0.746. The Hall–Kier alpha value is -1.34. The number of hydrogen-bond acceptors (Lipinski definition) is 5. The van der Waals surface area contributed by atoms with E-state index in [0.717, 1.165) is 52.1 Å². The third-order valence-corrected chi connectivity index (χ3v) is 5.66. The minimum absolute atomic E-state index is 0.129. The summed E-state index contributed by atoms with van der Waals surface area (Å²) < 4.78 is 5.32. The van der Waals surface area contributed by atoms with Gasteiger partial charge in [-0.1, -0.05) is 13.3 Å². The van der Waals surface area contributed by atoms with Crippen molar-refractivity contribution in [2.24, 2.45) is 0 Å². The van der Waals surface area contributed by atoms with Crippen molar-refractivity contribution >= 4 is 12.0 Å². The predicted octanol–water partition coefficient (Wildman–Crippen LogP) is 2.31. The van der Waals surface area contributed by atoms with Crippen molar-refractivity contribution in [2.75, 3.05) is 45.8 Å². The Bertz CT molecular complexity index is 504. The van der Waals surface area contributed by atoms with Gasteiger partial charge in [-0.2, -0.15) is 0 Å². The molecule has 2 aliphatic heterocycles. The first kappa shape index (κ1) is 22.9. The molecule has 0 radical (unpaired) electrons. The first-order valence-electron chi connectivity index (χ1n) is 10.9. The Morgan fingerprint density at radius 1 is 1.07 bits per heavy atom. The Morgan fingerprint density at radius 3 is 2.21 bits per heavy atom. The molecule has 2 heterocycles. The number of nitrogens with zero attached hydrogens (tertiary/aromatic N) is 3. The molecule has 1 N–H and O–H groups in total. The summed E-state index contributed by atoms with van der Waals surface area (Å²) in [6, 6.07) is 0.739. The van der Waals surface area contributed by atoms with Gasteiger partial charge in [-0.25, -0.2) is 4.79 Å². The third-order valence-electron chi connectivity index (χ3n) is 5.66. The maximum atomic E-state index is 12.7. The van der Waals surface area contributed by atoms with Crippen LogP contribution in [0.1, 0.15) is 60.3 Å². The molecule has 7 nitrogen and oxygen atoms in total. The average molecular weight is 397 g/mol. The molecule has 0 aromatic carbocycles. The summed E-state index contributed by atoms with van der Waals surface area (Å²) >= 11 is 0. The molecule has 1 unspecified atom stereocenters. The highest BCUT2D eigenvalue weighted by molar-refractivity contribution is 5.78. The van der Waals surface area contributed by atoms with E-state index in [-0.39, 0.29) is 18.0 Å². The normalized spacial score (nSPS) is 21.4. The lowest BCUT2D eigenvalue weighted by atomic mass is 10.1. The molecule has 2 rings (SSSR count). The van der Waals surface area contributed by atoms with Gasteiger partial charge in [-0.15, -0.1) is 0 Å². The van der Waals surface area contributed by atoms with Gasteiger partial charge in [0.1, 0.15) is 5.60 Å². The van der Waals surface area contributed by atoms with Crippen LogP contribution >= 0.6 is 0 Å². The molecular weight excluding hydrogens is 356 g/mol. The lowest BCUT2D eigenvalue weighted by Gasteiger charge is -2.39. The predicted molar refractivity (Wildman–Crippen MR) is 111 cm³/mol. The molecule has 0 aromatic rings. The molecule has 28 heavy (non-hydrogen) atoms. The first-order valence-corrected chi connectivity index (χ1v) is 10.9. The molecule has 162 valence electrons. The summed E-state index contributed by atoms with van der Waals surface area (Å²) in [5, 5.41) is 2.95. The van der Waals surface area contributed by atoms with Gasteiger partial charge in [-0.05, 0) is 47.0 Å². The van der Waals surface area contributed by atoms with Crippen molar-refractivity contribution in [1.82, 2.24) is 20.0 Å². The van der Waals surface area contributed by atoms with Crippen LogP contribution in [0.4, 0.5) is 4.79 Å². The minimum atomic E-state index is -0.477. The van der Waals surface area contributed by atoms with Crippen molar-refractivity contribution in [3.8, 4) is 0 Å². The molecule has 0 spiro atoms.